The van der Waals surface area contributed by atoms with Crippen molar-refractivity contribution in [2.45, 2.75) is 50.4 Å². The topological polar surface area (TPSA) is 87.0 Å². The number of aliphatic hydroxyl groups excluding tert-OH is 3. The number of hydrogen-bond donors (Lipinski definition) is 3. The van der Waals surface area contributed by atoms with Crippen LogP contribution >= 0.6 is 0 Å². The van der Waals surface area contributed by atoms with E-state index in [9.17, 15) is 20.1 Å². The van der Waals surface area contributed by atoms with Crippen molar-refractivity contribution in [1.82, 2.24) is 0 Å². The van der Waals surface area contributed by atoms with Gasteiger partial charge < -0.3 is 20.1 Å². The van der Waals surface area contributed by atoms with Crippen molar-refractivity contribution >= 4 is 5.97 Å². The van der Waals surface area contributed by atoms with Crippen molar-refractivity contribution in [1.29, 1.82) is 0 Å². The molecule has 158 valence electrons. The first-order valence-corrected chi connectivity index (χ1v) is 9.86. The molecule has 0 spiro atoms. The number of carbonyl (C=O) groups excluding carboxylic acids is 1. The molecule has 0 heterocycles. The summed E-state index contributed by atoms with van der Waals surface area (Å²) in [7, 11) is 1.35. The quantitative estimate of drug-likeness (QED) is 0.349. The number of esters is 1. The second kappa shape index (κ2) is 15.5. The van der Waals surface area contributed by atoms with Crippen LogP contribution in [0.2, 0.25) is 0 Å². The summed E-state index contributed by atoms with van der Waals surface area (Å²) in [6, 6.07) is 9.86. The van der Waals surface area contributed by atoms with Crippen LogP contribution in [0.4, 0.5) is 0 Å². The third-order valence-corrected chi connectivity index (χ3v) is 4.27. The molecule has 0 aliphatic rings. The van der Waals surface area contributed by atoms with Crippen LogP contribution in [0.25, 0.3) is 0 Å². The molecule has 0 unspecified atom stereocenters. The Balaban J connectivity index is 2.22. The predicted octanol–water partition coefficient (Wildman–Crippen LogP) is 3.27. The lowest BCUT2D eigenvalue weighted by atomic mass is 10.0. The second-order valence-electron chi connectivity index (χ2n) is 6.66. The summed E-state index contributed by atoms with van der Waals surface area (Å²) in [5.74, 6) is -0.270. The van der Waals surface area contributed by atoms with Gasteiger partial charge in [-0.05, 0) is 31.2 Å². The molecule has 1 aromatic carbocycles. The molecule has 0 aliphatic heterocycles. The molecule has 0 amide bonds. The number of carbonyl (C=O) groups is 1. The molecule has 3 atom stereocenters. The molecule has 0 fully saturated rings. The van der Waals surface area contributed by atoms with Crippen molar-refractivity contribution < 1.29 is 24.9 Å². The van der Waals surface area contributed by atoms with Gasteiger partial charge in [-0.3, -0.25) is 4.79 Å². The molecule has 0 aliphatic carbocycles. The number of ether oxygens (including phenoxy) is 1. The largest absolute Gasteiger partial charge is 0.469 e. The van der Waals surface area contributed by atoms with E-state index in [1.807, 2.05) is 30.3 Å². The summed E-state index contributed by atoms with van der Waals surface area (Å²) >= 11 is 0. The predicted molar refractivity (Wildman–Crippen MR) is 115 cm³/mol. The summed E-state index contributed by atoms with van der Waals surface area (Å²) in [4.78, 5) is 11.0. The molecule has 0 saturated carbocycles. The first kappa shape index (κ1) is 24.6. The molecule has 3 N–H and O–H groups in total. The summed E-state index contributed by atoms with van der Waals surface area (Å²) in [5, 5.41) is 29.7. The van der Waals surface area contributed by atoms with Crippen molar-refractivity contribution in [2.75, 3.05) is 7.11 Å². The maximum atomic E-state index is 11.0. The first-order chi connectivity index (χ1) is 14.0. The maximum absolute atomic E-state index is 11.0. The van der Waals surface area contributed by atoms with Crippen LogP contribution in [-0.4, -0.2) is 46.7 Å². The number of aliphatic hydroxyl groups is 3. The van der Waals surface area contributed by atoms with Crippen LogP contribution in [0.5, 0.6) is 0 Å². The van der Waals surface area contributed by atoms with Gasteiger partial charge in [0.15, 0.2) is 0 Å². The highest BCUT2D eigenvalue weighted by Crippen LogP contribution is 2.08. The molecule has 1 aromatic rings. The molecule has 0 aromatic heterocycles. The van der Waals surface area contributed by atoms with Gasteiger partial charge in [0, 0.05) is 6.42 Å². The number of hydrogen-bond acceptors (Lipinski definition) is 5. The zero-order chi connectivity index (χ0) is 21.3. The number of aryl methyl sites for hydroxylation is 1. The van der Waals surface area contributed by atoms with E-state index in [0.717, 1.165) is 5.56 Å². The fourth-order valence-electron chi connectivity index (χ4n) is 2.54. The van der Waals surface area contributed by atoms with Crippen molar-refractivity contribution in [2.24, 2.45) is 0 Å². The zero-order valence-electron chi connectivity index (χ0n) is 16.9. The molecule has 0 saturated heterocycles. The van der Waals surface area contributed by atoms with E-state index in [0.29, 0.717) is 32.1 Å². The van der Waals surface area contributed by atoms with E-state index in [1.54, 1.807) is 48.6 Å². The minimum atomic E-state index is -0.910. The van der Waals surface area contributed by atoms with Crippen LogP contribution in [0.1, 0.15) is 31.2 Å². The summed E-state index contributed by atoms with van der Waals surface area (Å²) in [5.41, 5.74) is 1.13. The monoisotopic (exact) mass is 400 g/mol. The van der Waals surface area contributed by atoms with E-state index in [-0.39, 0.29) is 5.97 Å². The van der Waals surface area contributed by atoms with Crippen LogP contribution in [0.3, 0.4) is 0 Å². The molecular weight excluding hydrogens is 368 g/mol. The van der Waals surface area contributed by atoms with Gasteiger partial charge in [0.25, 0.3) is 0 Å². The van der Waals surface area contributed by atoms with Gasteiger partial charge in [-0.15, -0.1) is 0 Å². The first-order valence-electron chi connectivity index (χ1n) is 9.86. The third-order valence-electron chi connectivity index (χ3n) is 4.27. The van der Waals surface area contributed by atoms with Gasteiger partial charge in [0.1, 0.15) is 0 Å². The smallest absolute Gasteiger partial charge is 0.305 e. The van der Waals surface area contributed by atoms with Crippen LogP contribution in [0.15, 0.2) is 78.9 Å². The molecular formula is C24H32O5. The number of benzene rings is 1. The number of rotatable bonds is 13. The molecule has 0 radical (unpaired) electrons. The molecule has 5 nitrogen and oxygen atoms in total. The van der Waals surface area contributed by atoms with Crippen LogP contribution < -0.4 is 0 Å². The lowest BCUT2D eigenvalue weighted by Crippen LogP contribution is -2.24. The van der Waals surface area contributed by atoms with E-state index >= 15 is 0 Å². The van der Waals surface area contributed by atoms with Crippen molar-refractivity contribution in [3.63, 3.8) is 0 Å². The minimum Gasteiger partial charge on any atom is -0.469 e. The zero-order valence-corrected chi connectivity index (χ0v) is 16.9. The Bertz CT molecular complexity index is 676. The minimum absolute atomic E-state index is 0.270. The lowest BCUT2D eigenvalue weighted by Gasteiger charge is -2.14. The van der Waals surface area contributed by atoms with Crippen molar-refractivity contribution in [3.8, 4) is 0 Å². The highest BCUT2D eigenvalue weighted by molar-refractivity contribution is 5.68. The van der Waals surface area contributed by atoms with E-state index in [4.69, 9.17) is 0 Å². The van der Waals surface area contributed by atoms with Crippen LogP contribution in [-0.2, 0) is 16.0 Å². The SMILES string of the molecule is COC(=O)CCC[C@H](O)/C=C/C=C\C=C\C=C\[C@@H](O)[C@@H](O)CCc1ccccc1. The van der Waals surface area contributed by atoms with Gasteiger partial charge in [-0.1, -0.05) is 78.9 Å². The third kappa shape index (κ3) is 12.6. The van der Waals surface area contributed by atoms with E-state index in [2.05, 4.69) is 4.74 Å². The fraction of sp³-hybridized carbons (Fsp3) is 0.375. The Morgan fingerprint density at radius 1 is 0.931 bits per heavy atom. The second-order valence-corrected chi connectivity index (χ2v) is 6.66. The molecule has 1 rings (SSSR count). The molecule has 29 heavy (non-hydrogen) atoms. The number of allylic oxidation sites excluding steroid dienone is 6. The van der Waals surface area contributed by atoms with Gasteiger partial charge in [-0.25, -0.2) is 0 Å². The molecule has 5 heteroatoms. The lowest BCUT2D eigenvalue weighted by molar-refractivity contribution is -0.140. The van der Waals surface area contributed by atoms with E-state index in [1.165, 1.54) is 7.11 Å². The maximum Gasteiger partial charge on any atom is 0.305 e. The Labute approximate surface area is 173 Å². The normalized spacial score (nSPS) is 15.4. The van der Waals surface area contributed by atoms with Gasteiger partial charge >= 0.3 is 5.97 Å². The summed E-state index contributed by atoms with van der Waals surface area (Å²) in [6.07, 6.45) is 14.0. The standard InChI is InChI=1S/C24H32O5/c1-29-24(28)17-11-15-21(25)14-9-4-2-3-5-10-16-22(26)23(27)19-18-20-12-7-6-8-13-20/h2-10,12-14,16,21-23,25-27H,11,15,17-19H2,1H3/b4-2-,5-3+,14-9+,16-10+/t21-,22-,23+/m1/s1. The Morgan fingerprint density at radius 2 is 1.55 bits per heavy atom. The fourth-order valence-corrected chi connectivity index (χ4v) is 2.54. The van der Waals surface area contributed by atoms with E-state index < -0.39 is 18.3 Å². The Kier molecular flexibility index (Phi) is 13.1. The Morgan fingerprint density at radius 3 is 2.21 bits per heavy atom. The average molecular weight is 401 g/mol. The highest BCUT2D eigenvalue weighted by Gasteiger charge is 2.12. The summed E-state index contributed by atoms with van der Waals surface area (Å²) in [6.45, 7) is 0. The number of methoxy groups -OCH3 is 1. The van der Waals surface area contributed by atoms with Gasteiger partial charge in [0.05, 0.1) is 25.4 Å². The van der Waals surface area contributed by atoms with Crippen LogP contribution in [0, 0.1) is 0 Å². The molecule has 0 bridgehead atoms. The van der Waals surface area contributed by atoms with Gasteiger partial charge in [-0.2, -0.15) is 0 Å². The Hall–Kier alpha value is -2.47. The average Bonchev–Trinajstić information content (AvgIpc) is 2.74. The highest BCUT2D eigenvalue weighted by atomic mass is 16.5. The van der Waals surface area contributed by atoms with Crippen molar-refractivity contribution in [3.05, 3.63) is 84.5 Å². The van der Waals surface area contributed by atoms with Gasteiger partial charge in [0.2, 0.25) is 0 Å². The summed E-state index contributed by atoms with van der Waals surface area (Å²) < 4.78 is 4.54.